The van der Waals surface area contributed by atoms with Gasteiger partial charge in [-0.15, -0.1) is 0 Å². The molecule has 2 aliphatic heterocycles. The van der Waals surface area contributed by atoms with Crippen molar-refractivity contribution in [3.63, 3.8) is 0 Å². The third-order valence-corrected chi connectivity index (χ3v) is 5.27. The van der Waals surface area contributed by atoms with Crippen LogP contribution in [0.25, 0.3) is 0 Å². The van der Waals surface area contributed by atoms with Gasteiger partial charge in [-0.05, 0) is 30.5 Å². The molecule has 152 valence electrons. The summed E-state index contributed by atoms with van der Waals surface area (Å²) in [7, 11) is 1.83. The maximum absolute atomic E-state index is 12.7. The summed E-state index contributed by atoms with van der Waals surface area (Å²) < 4.78 is 1.69. The number of piperidine rings is 1. The van der Waals surface area contributed by atoms with Crippen LogP contribution in [-0.2, 0) is 34.4 Å². The lowest BCUT2D eigenvalue weighted by atomic mass is 9.88. The number of nitrogens with zero attached hydrogens (tertiary/aromatic N) is 5. The number of hydrogen-bond donors (Lipinski definition) is 1. The van der Waals surface area contributed by atoms with Crippen molar-refractivity contribution in [1.82, 2.24) is 25.0 Å². The van der Waals surface area contributed by atoms with Crippen molar-refractivity contribution in [2.24, 2.45) is 12.2 Å². The van der Waals surface area contributed by atoms with Crippen LogP contribution in [0.4, 0.5) is 0 Å². The fraction of sp³-hybridized carbons (Fsp3) is 0.450. The van der Waals surface area contributed by atoms with Crippen LogP contribution in [0.3, 0.4) is 0 Å². The van der Waals surface area contributed by atoms with Crippen molar-refractivity contribution >= 4 is 17.5 Å². The van der Waals surface area contributed by atoms with Crippen molar-refractivity contribution in [2.75, 3.05) is 13.1 Å². The van der Waals surface area contributed by atoms with Crippen LogP contribution in [-0.4, -0.2) is 55.9 Å². The van der Waals surface area contributed by atoms with Gasteiger partial charge >= 0.3 is 0 Å². The van der Waals surface area contributed by atoms with Crippen molar-refractivity contribution in [3.8, 4) is 0 Å². The van der Waals surface area contributed by atoms with E-state index in [9.17, 15) is 9.59 Å². The Morgan fingerprint density at radius 2 is 2.24 bits per heavy atom. The number of aryl methyl sites for hydroxylation is 1. The SMILES string of the molecule is Cn1ccc(CC(=O)N2CCC[C@@]3(CC(C(=O)NCc4cccnc4)=NO3)C2)n1. The number of oxime groups is 1. The first-order valence-corrected chi connectivity index (χ1v) is 9.71. The normalized spacial score (nSPS) is 21.0. The van der Waals surface area contributed by atoms with E-state index in [1.54, 1.807) is 22.0 Å². The molecule has 2 aromatic heterocycles. The van der Waals surface area contributed by atoms with E-state index in [1.807, 2.05) is 31.4 Å². The van der Waals surface area contributed by atoms with E-state index in [0.717, 1.165) is 24.1 Å². The molecule has 4 rings (SSSR count). The largest absolute Gasteiger partial charge is 0.386 e. The molecule has 29 heavy (non-hydrogen) atoms. The Labute approximate surface area is 168 Å². The molecule has 1 atom stereocenters. The summed E-state index contributed by atoms with van der Waals surface area (Å²) in [5.74, 6) is -0.233. The molecule has 0 bridgehead atoms. The molecule has 0 aliphatic carbocycles. The number of carbonyl (C=O) groups excluding carboxylic acids is 2. The Kier molecular flexibility index (Phi) is 5.28. The third-order valence-electron chi connectivity index (χ3n) is 5.27. The van der Waals surface area contributed by atoms with E-state index in [0.29, 0.717) is 31.8 Å². The molecule has 2 aliphatic rings. The predicted molar refractivity (Wildman–Crippen MR) is 105 cm³/mol. The van der Waals surface area contributed by atoms with Crippen molar-refractivity contribution in [1.29, 1.82) is 0 Å². The lowest BCUT2D eigenvalue weighted by molar-refractivity contribution is -0.140. The zero-order chi connectivity index (χ0) is 20.3. The van der Waals surface area contributed by atoms with Crippen LogP contribution in [0.2, 0.25) is 0 Å². The van der Waals surface area contributed by atoms with Gasteiger partial charge in [0.2, 0.25) is 5.91 Å². The second kappa shape index (κ2) is 8.02. The molecule has 2 aromatic rings. The molecule has 0 radical (unpaired) electrons. The second-order valence-electron chi connectivity index (χ2n) is 7.61. The Balaban J connectivity index is 1.32. The van der Waals surface area contributed by atoms with Crippen LogP contribution in [0.5, 0.6) is 0 Å². The molecule has 0 unspecified atom stereocenters. The summed E-state index contributed by atoms with van der Waals surface area (Å²) in [6, 6.07) is 5.57. The maximum Gasteiger partial charge on any atom is 0.269 e. The molecule has 2 amide bonds. The number of rotatable bonds is 5. The highest BCUT2D eigenvalue weighted by atomic mass is 16.7. The van der Waals surface area contributed by atoms with Gasteiger partial charge in [-0.2, -0.15) is 5.10 Å². The van der Waals surface area contributed by atoms with Crippen molar-refractivity contribution < 1.29 is 14.4 Å². The molecule has 1 fully saturated rings. The highest BCUT2D eigenvalue weighted by molar-refractivity contribution is 6.39. The van der Waals surface area contributed by atoms with E-state index >= 15 is 0 Å². The number of pyridine rings is 1. The summed E-state index contributed by atoms with van der Waals surface area (Å²) in [5, 5.41) is 11.2. The van der Waals surface area contributed by atoms with Crippen LogP contribution >= 0.6 is 0 Å². The van der Waals surface area contributed by atoms with E-state index < -0.39 is 5.60 Å². The van der Waals surface area contributed by atoms with Crippen molar-refractivity contribution in [3.05, 3.63) is 48.0 Å². The molecular formula is C20H24N6O3. The summed E-state index contributed by atoms with van der Waals surface area (Å²) in [4.78, 5) is 36.7. The van der Waals surface area contributed by atoms with E-state index in [-0.39, 0.29) is 18.2 Å². The summed E-state index contributed by atoms with van der Waals surface area (Å²) in [5.41, 5.74) is 1.42. The molecule has 9 nitrogen and oxygen atoms in total. The Bertz CT molecular complexity index is 925. The van der Waals surface area contributed by atoms with Gasteiger partial charge < -0.3 is 15.1 Å². The Morgan fingerprint density at radius 3 is 3.00 bits per heavy atom. The average molecular weight is 396 g/mol. The van der Waals surface area contributed by atoms with Gasteiger partial charge in [0.15, 0.2) is 5.60 Å². The molecule has 1 N–H and O–H groups in total. The van der Waals surface area contributed by atoms with Gasteiger partial charge in [-0.1, -0.05) is 11.2 Å². The molecule has 1 spiro atoms. The third kappa shape index (κ3) is 4.44. The van der Waals surface area contributed by atoms with Gasteiger partial charge in [0.1, 0.15) is 5.71 Å². The van der Waals surface area contributed by atoms with Gasteiger partial charge in [-0.25, -0.2) is 0 Å². The van der Waals surface area contributed by atoms with Crippen LogP contribution in [0.15, 0.2) is 41.9 Å². The number of hydrogen-bond acceptors (Lipinski definition) is 6. The molecule has 4 heterocycles. The Hall–Kier alpha value is -3.23. The highest BCUT2D eigenvalue weighted by Gasteiger charge is 2.45. The molecule has 0 aromatic carbocycles. The molecule has 9 heteroatoms. The number of amides is 2. The number of nitrogens with one attached hydrogen (secondary N) is 1. The van der Waals surface area contributed by atoms with E-state index in [1.165, 1.54) is 0 Å². The zero-order valence-corrected chi connectivity index (χ0v) is 16.4. The summed E-state index contributed by atoms with van der Waals surface area (Å²) in [6.07, 6.45) is 7.46. The summed E-state index contributed by atoms with van der Waals surface area (Å²) >= 11 is 0. The van der Waals surface area contributed by atoms with Crippen LogP contribution in [0.1, 0.15) is 30.5 Å². The quantitative estimate of drug-likeness (QED) is 0.806. The van der Waals surface area contributed by atoms with Crippen molar-refractivity contribution in [2.45, 2.75) is 37.8 Å². The lowest BCUT2D eigenvalue weighted by Crippen LogP contribution is -2.51. The van der Waals surface area contributed by atoms with Crippen LogP contribution < -0.4 is 5.32 Å². The Morgan fingerprint density at radius 1 is 1.34 bits per heavy atom. The lowest BCUT2D eigenvalue weighted by Gasteiger charge is -2.38. The first-order valence-electron chi connectivity index (χ1n) is 9.71. The highest BCUT2D eigenvalue weighted by Crippen LogP contribution is 2.33. The minimum atomic E-state index is -0.612. The minimum Gasteiger partial charge on any atom is -0.386 e. The van der Waals surface area contributed by atoms with Crippen LogP contribution in [0, 0.1) is 0 Å². The number of likely N-dealkylation sites (tertiary alicyclic amines) is 1. The van der Waals surface area contributed by atoms with E-state index in [4.69, 9.17) is 4.84 Å². The van der Waals surface area contributed by atoms with Gasteiger partial charge in [-0.3, -0.25) is 19.3 Å². The zero-order valence-electron chi connectivity index (χ0n) is 16.4. The molecular weight excluding hydrogens is 372 g/mol. The smallest absolute Gasteiger partial charge is 0.269 e. The first kappa shape index (κ1) is 19.1. The number of carbonyl (C=O) groups is 2. The van der Waals surface area contributed by atoms with Gasteiger partial charge in [0.25, 0.3) is 5.91 Å². The predicted octanol–water partition coefficient (Wildman–Crippen LogP) is 0.812. The minimum absolute atomic E-state index is 0.0147. The monoisotopic (exact) mass is 396 g/mol. The van der Waals surface area contributed by atoms with Gasteiger partial charge in [0.05, 0.1) is 18.7 Å². The average Bonchev–Trinajstić information content (AvgIpc) is 3.33. The first-order chi connectivity index (χ1) is 14.0. The standard InChI is InChI=1S/C20H24N6O3/c1-25-9-5-16(23-25)10-18(27)26-8-3-6-20(14-26)11-17(24-29-20)19(28)22-13-15-4-2-7-21-12-15/h2,4-5,7,9,12H,3,6,8,10-11,13-14H2,1H3,(H,22,28)/t20-/m1/s1. The molecule has 0 saturated carbocycles. The maximum atomic E-state index is 12.7. The summed E-state index contributed by atoms with van der Waals surface area (Å²) in [6.45, 7) is 1.49. The fourth-order valence-corrected chi connectivity index (χ4v) is 3.78. The topological polar surface area (TPSA) is 102 Å². The van der Waals surface area contributed by atoms with E-state index in [2.05, 4.69) is 20.6 Å². The van der Waals surface area contributed by atoms with Gasteiger partial charge in [0, 0.05) is 45.1 Å². The second-order valence-corrected chi connectivity index (χ2v) is 7.61. The fourth-order valence-electron chi connectivity index (χ4n) is 3.78. The number of aromatic nitrogens is 3. The molecule has 1 saturated heterocycles.